The summed E-state index contributed by atoms with van der Waals surface area (Å²) in [6, 6.07) is 7.56. The summed E-state index contributed by atoms with van der Waals surface area (Å²) in [6.07, 6.45) is 1.53. The summed E-state index contributed by atoms with van der Waals surface area (Å²) < 4.78 is 12.7. The van der Waals surface area contributed by atoms with E-state index >= 15 is 0 Å². The SMILES string of the molecule is CN(C)[C](CCCO)c1ccc(F)cc1. The Hall–Kier alpha value is -0.930. The molecule has 83 valence electrons. The van der Waals surface area contributed by atoms with Crippen LogP contribution in [0, 0.1) is 11.9 Å². The van der Waals surface area contributed by atoms with Crippen molar-refractivity contribution in [2.24, 2.45) is 0 Å². The van der Waals surface area contributed by atoms with Crippen LogP contribution in [0.2, 0.25) is 0 Å². The van der Waals surface area contributed by atoms with Crippen LogP contribution in [-0.4, -0.2) is 30.7 Å². The van der Waals surface area contributed by atoms with Crippen LogP contribution >= 0.6 is 0 Å². The molecule has 1 aromatic rings. The molecule has 15 heavy (non-hydrogen) atoms. The third-order valence-corrected chi connectivity index (χ3v) is 2.29. The fourth-order valence-corrected chi connectivity index (χ4v) is 1.51. The Morgan fingerprint density at radius 3 is 2.33 bits per heavy atom. The van der Waals surface area contributed by atoms with Gasteiger partial charge in [0.15, 0.2) is 0 Å². The Balaban J connectivity index is 2.74. The monoisotopic (exact) mass is 210 g/mol. The number of hydrogen-bond acceptors (Lipinski definition) is 2. The minimum atomic E-state index is -0.223. The summed E-state index contributed by atoms with van der Waals surface area (Å²) in [5.74, 6) is -0.223. The van der Waals surface area contributed by atoms with Crippen LogP contribution in [0.4, 0.5) is 4.39 Å². The maximum absolute atomic E-state index is 12.7. The predicted molar refractivity (Wildman–Crippen MR) is 58.8 cm³/mol. The highest BCUT2D eigenvalue weighted by molar-refractivity contribution is 5.29. The molecule has 0 atom stereocenters. The van der Waals surface area contributed by atoms with Crippen molar-refractivity contribution in [1.82, 2.24) is 4.90 Å². The van der Waals surface area contributed by atoms with E-state index in [9.17, 15) is 4.39 Å². The Kier molecular flexibility index (Phi) is 4.72. The molecule has 1 aromatic carbocycles. The quantitative estimate of drug-likeness (QED) is 0.804. The van der Waals surface area contributed by atoms with E-state index < -0.39 is 0 Å². The van der Waals surface area contributed by atoms with E-state index in [2.05, 4.69) is 0 Å². The zero-order valence-electron chi connectivity index (χ0n) is 9.20. The van der Waals surface area contributed by atoms with Gasteiger partial charge in [-0.15, -0.1) is 0 Å². The van der Waals surface area contributed by atoms with E-state index in [0.29, 0.717) is 0 Å². The topological polar surface area (TPSA) is 23.5 Å². The Morgan fingerprint density at radius 2 is 1.87 bits per heavy atom. The van der Waals surface area contributed by atoms with Gasteiger partial charge in [0.1, 0.15) is 5.82 Å². The standard InChI is InChI=1S/C12H17FNO/c1-14(2)12(4-3-9-15)10-5-7-11(13)8-6-10/h5-8,15H,3-4,9H2,1-2H3. The molecule has 3 heteroatoms. The minimum absolute atomic E-state index is 0.179. The number of halogens is 1. The number of rotatable bonds is 5. The first kappa shape index (κ1) is 12.1. The lowest BCUT2D eigenvalue weighted by Crippen LogP contribution is -2.21. The number of hydrogen-bond donors (Lipinski definition) is 1. The number of aliphatic hydroxyl groups excluding tert-OH is 1. The van der Waals surface area contributed by atoms with Gasteiger partial charge in [-0.2, -0.15) is 0 Å². The maximum atomic E-state index is 12.7. The molecule has 0 fully saturated rings. The molecular weight excluding hydrogens is 193 g/mol. The molecule has 0 spiro atoms. The molecule has 0 aliphatic carbocycles. The second kappa shape index (κ2) is 5.83. The summed E-state index contributed by atoms with van der Waals surface area (Å²) in [5, 5.41) is 8.80. The summed E-state index contributed by atoms with van der Waals surface area (Å²) in [7, 11) is 3.91. The first-order chi connectivity index (χ1) is 7.15. The smallest absolute Gasteiger partial charge is 0.123 e. The molecule has 1 rings (SSSR count). The van der Waals surface area contributed by atoms with E-state index in [1.165, 1.54) is 12.1 Å². The van der Waals surface area contributed by atoms with Crippen molar-refractivity contribution in [2.75, 3.05) is 20.7 Å². The van der Waals surface area contributed by atoms with Gasteiger partial charge in [0, 0.05) is 6.61 Å². The van der Waals surface area contributed by atoms with Crippen molar-refractivity contribution in [3.8, 4) is 0 Å². The Morgan fingerprint density at radius 1 is 1.27 bits per heavy atom. The molecule has 0 saturated heterocycles. The molecule has 0 heterocycles. The van der Waals surface area contributed by atoms with Gasteiger partial charge < -0.3 is 5.11 Å². The Labute approximate surface area is 90.3 Å². The van der Waals surface area contributed by atoms with Crippen molar-refractivity contribution in [3.05, 3.63) is 41.7 Å². The highest BCUT2D eigenvalue weighted by Crippen LogP contribution is 2.22. The normalized spacial score (nSPS) is 11.3. The summed E-state index contributed by atoms with van der Waals surface area (Å²) >= 11 is 0. The zero-order valence-corrected chi connectivity index (χ0v) is 9.20. The van der Waals surface area contributed by atoms with E-state index in [0.717, 1.165) is 24.4 Å². The van der Waals surface area contributed by atoms with Crippen LogP contribution in [0.3, 0.4) is 0 Å². The highest BCUT2D eigenvalue weighted by atomic mass is 19.1. The summed E-state index contributed by atoms with van der Waals surface area (Å²) in [5.41, 5.74) is 1.01. The third-order valence-electron chi connectivity index (χ3n) is 2.29. The zero-order chi connectivity index (χ0) is 11.3. The highest BCUT2D eigenvalue weighted by Gasteiger charge is 2.14. The van der Waals surface area contributed by atoms with Crippen LogP contribution in [-0.2, 0) is 0 Å². The lowest BCUT2D eigenvalue weighted by molar-refractivity contribution is 0.277. The molecule has 2 nitrogen and oxygen atoms in total. The van der Waals surface area contributed by atoms with Gasteiger partial charge in [-0.25, -0.2) is 4.39 Å². The van der Waals surface area contributed by atoms with Gasteiger partial charge in [0.25, 0.3) is 0 Å². The van der Waals surface area contributed by atoms with E-state index in [1.54, 1.807) is 12.1 Å². The van der Waals surface area contributed by atoms with Gasteiger partial charge in [-0.05, 0) is 44.6 Å². The fourth-order valence-electron chi connectivity index (χ4n) is 1.51. The molecule has 0 aromatic heterocycles. The van der Waals surface area contributed by atoms with Gasteiger partial charge in [0.05, 0.1) is 6.04 Å². The van der Waals surface area contributed by atoms with E-state index in [-0.39, 0.29) is 12.4 Å². The maximum Gasteiger partial charge on any atom is 0.123 e. The third kappa shape index (κ3) is 3.61. The molecule has 0 unspecified atom stereocenters. The minimum Gasteiger partial charge on any atom is -0.396 e. The first-order valence-corrected chi connectivity index (χ1v) is 5.05. The average molecular weight is 210 g/mol. The predicted octanol–water partition coefficient (Wildman–Crippen LogP) is 2.04. The summed E-state index contributed by atoms with van der Waals surface area (Å²) in [4.78, 5) is 2.00. The molecule has 0 bridgehead atoms. The fraction of sp³-hybridized carbons (Fsp3) is 0.417. The molecule has 1 radical (unpaired) electrons. The Bertz CT molecular complexity index is 284. The van der Waals surface area contributed by atoms with Crippen molar-refractivity contribution >= 4 is 0 Å². The summed E-state index contributed by atoms with van der Waals surface area (Å²) in [6.45, 7) is 0.179. The van der Waals surface area contributed by atoms with Crippen LogP contribution in [0.25, 0.3) is 0 Å². The first-order valence-electron chi connectivity index (χ1n) is 5.05. The lowest BCUT2D eigenvalue weighted by Gasteiger charge is -2.23. The molecule has 0 aliphatic rings. The van der Waals surface area contributed by atoms with Crippen LogP contribution < -0.4 is 0 Å². The van der Waals surface area contributed by atoms with Gasteiger partial charge in [-0.3, -0.25) is 4.90 Å². The van der Waals surface area contributed by atoms with Crippen molar-refractivity contribution < 1.29 is 9.50 Å². The second-order valence-electron chi connectivity index (χ2n) is 3.68. The van der Waals surface area contributed by atoms with E-state index in [1.807, 2.05) is 19.0 Å². The number of nitrogens with zero attached hydrogens (tertiary/aromatic N) is 1. The van der Waals surface area contributed by atoms with Crippen LogP contribution in [0.1, 0.15) is 18.4 Å². The van der Waals surface area contributed by atoms with Crippen molar-refractivity contribution in [2.45, 2.75) is 12.8 Å². The molecule has 0 saturated carbocycles. The molecule has 1 N–H and O–H groups in total. The second-order valence-corrected chi connectivity index (χ2v) is 3.68. The van der Waals surface area contributed by atoms with Gasteiger partial charge in [0.2, 0.25) is 0 Å². The van der Waals surface area contributed by atoms with E-state index in [4.69, 9.17) is 5.11 Å². The molecular formula is C12H17FNO. The number of aliphatic hydroxyl groups is 1. The molecule has 0 amide bonds. The largest absolute Gasteiger partial charge is 0.396 e. The van der Waals surface area contributed by atoms with Gasteiger partial charge in [-0.1, -0.05) is 12.1 Å². The molecule has 0 aliphatic heterocycles. The van der Waals surface area contributed by atoms with Gasteiger partial charge >= 0.3 is 0 Å². The van der Waals surface area contributed by atoms with Crippen LogP contribution in [0.15, 0.2) is 24.3 Å². The van der Waals surface area contributed by atoms with Crippen molar-refractivity contribution in [3.63, 3.8) is 0 Å². The van der Waals surface area contributed by atoms with Crippen LogP contribution in [0.5, 0.6) is 0 Å². The average Bonchev–Trinajstić information content (AvgIpc) is 2.21. The number of benzene rings is 1. The van der Waals surface area contributed by atoms with Crippen molar-refractivity contribution in [1.29, 1.82) is 0 Å². The lowest BCUT2D eigenvalue weighted by atomic mass is 10.0.